The minimum absolute atomic E-state index is 0.0665. The second-order valence-corrected chi connectivity index (χ2v) is 4.83. The van der Waals surface area contributed by atoms with E-state index in [0.717, 1.165) is 5.69 Å². The number of hydrogen-bond acceptors (Lipinski definition) is 3. The van der Waals surface area contributed by atoms with Gasteiger partial charge in [0.15, 0.2) is 0 Å². The average molecular weight is 261 g/mol. The second kappa shape index (κ2) is 4.15. The van der Waals surface area contributed by atoms with Crippen molar-refractivity contribution in [3.05, 3.63) is 45.6 Å². The maximum atomic E-state index is 13.0. The fourth-order valence-corrected chi connectivity index (χ4v) is 2.13. The smallest absolute Gasteiger partial charge is 0.272 e. The molecule has 2 unspecified atom stereocenters. The Bertz CT molecular complexity index is 653. The third kappa shape index (κ3) is 2.09. The van der Waals surface area contributed by atoms with Gasteiger partial charge in [-0.1, -0.05) is 12.1 Å². The number of halogens is 1. The minimum atomic E-state index is -0.791. The lowest BCUT2D eigenvalue weighted by atomic mass is 10.1. The van der Waals surface area contributed by atoms with Gasteiger partial charge in [0.1, 0.15) is 6.17 Å². The van der Waals surface area contributed by atoms with E-state index in [0.29, 0.717) is 23.2 Å². The molecule has 1 aromatic heterocycles. The van der Waals surface area contributed by atoms with E-state index in [2.05, 4.69) is 10.2 Å². The number of hydrogen-bond donors (Lipinski definition) is 1. The van der Waals surface area contributed by atoms with Crippen molar-refractivity contribution in [2.45, 2.75) is 25.4 Å². The molecule has 0 amide bonds. The molecule has 2 atom stereocenters. The van der Waals surface area contributed by atoms with Gasteiger partial charge in [0.25, 0.3) is 5.69 Å². The third-order valence-electron chi connectivity index (χ3n) is 3.41. The predicted octanol–water partition coefficient (Wildman–Crippen LogP) is 3.12. The number of benzene rings is 1. The molecular formula is C13H12FN3O2. The van der Waals surface area contributed by atoms with Crippen molar-refractivity contribution < 1.29 is 9.31 Å². The summed E-state index contributed by atoms with van der Waals surface area (Å²) in [7, 11) is 0. The van der Waals surface area contributed by atoms with Crippen LogP contribution in [-0.4, -0.2) is 21.3 Å². The van der Waals surface area contributed by atoms with Gasteiger partial charge < -0.3 is 0 Å². The molecule has 1 aliphatic carbocycles. The first-order chi connectivity index (χ1) is 9.06. The standard InChI is InChI=1S/C13H12FN3O2/c1-7-2-3-8(4-13(7)17(18)19)11-6-12(16-15-11)9-5-10(9)14/h2-4,6,9-10H,5H2,1H3,(H,15,16). The van der Waals surface area contributed by atoms with Crippen LogP contribution < -0.4 is 0 Å². The van der Waals surface area contributed by atoms with Crippen LogP contribution >= 0.6 is 0 Å². The molecule has 1 N–H and O–H groups in total. The third-order valence-corrected chi connectivity index (χ3v) is 3.41. The first-order valence-corrected chi connectivity index (χ1v) is 6.01. The van der Waals surface area contributed by atoms with Gasteiger partial charge in [-0.15, -0.1) is 0 Å². The molecule has 1 aliphatic rings. The highest BCUT2D eigenvalue weighted by atomic mass is 19.1. The Hall–Kier alpha value is -2.24. The molecular weight excluding hydrogens is 249 g/mol. The number of nitro groups is 1. The number of nitrogens with zero attached hydrogens (tertiary/aromatic N) is 2. The van der Waals surface area contributed by atoms with E-state index in [1.165, 1.54) is 6.07 Å². The number of nitro benzene ring substituents is 1. The monoisotopic (exact) mass is 261 g/mol. The Morgan fingerprint density at radius 3 is 2.84 bits per heavy atom. The molecule has 1 aromatic carbocycles. The van der Waals surface area contributed by atoms with Gasteiger partial charge >= 0.3 is 0 Å². The first-order valence-electron chi connectivity index (χ1n) is 6.01. The average Bonchev–Trinajstić information content (AvgIpc) is 2.91. The fourth-order valence-electron chi connectivity index (χ4n) is 2.13. The van der Waals surface area contributed by atoms with Gasteiger partial charge in [-0.3, -0.25) is 15.2 Å². The SMILES string of the molecule is Cc1ccc(-c2cc(C3CC3F)[nH]n2)cc1[N+](=O)[O-]. The molecule has 1 saturated carbocycles. The van der Waals surface area contributed by atoms with E-state index in [1.807, 2.05) is 0 Å². The number of nitrogens with one attached hydrogen (secondary N) is 1. The summed E-state index contributed by atoms with van der Waals surface area (Å²) in [6.07, 6.45) is -0.268. The highest BCUT2D eigenvalue weighted by Crippen LogP contribution is 2.43. The highest BCUT2D eigenvalue weighted by molar-refractivity contribution is 5.64. The summed E-state index contributed by atoms with van der Waals surface area (Å²) in [5, 5.41) is 17.8. The van der Waals surface area contributed by atoms with Crippen molar-refractivity contribution in [1.82, 2.24) is 10.2 Å². The number of aryl methyl sites for hydroxylation is 1. The summed E-state index contributed by atoms with van der Waals surface area (Å²) in [4.78, 5) is 10.5. The molecule has 1 heterocycles. The normalized spacial score (nSPS) is 21.4. The van der Waals surface area contributed by atoms with Crippen molar-refractivity contribution in [3.63, 3.8) is 0 Å². The lowest BCUT2D eigenvalue weighted by molar-refractivity contribution is -0.385. The van der Waals surface area contributed by atoms with Crippen LogP contribution in [0.2, 0.25) is 0 Å². The van der Waals surface area contributed by atoms with E-state index < -0.39 is 11.1 Å². The summed E-state index contributed by atoms with van der Waals surface area (Å²) in [6, 6.07) is 6.73. The quantitative estimate of drug-likeness (QED) is 0.681. The van der Waals surface area contributed by atoms with Crippen molar-refractivity contribution in [2.75, 3.05) is 0 Å². The zero-order chi connectivity index (χ0) is 13.6. The molecule has 0 saturated heterocycles. The zero-order valence-electron chi connectivity index (χ0n) is 10.3. The molecule has 0 aliphatic heterocycles. The van der Waals surface area contributed by atoms with Crippen LogP contribution in [0.15, 0.2) is 24.3 Å². The van der Waals surface area contributed by atoms with E-state index >= 15 is 0 Å². The molecule has 2 aromatic rings. The molecule has 98 valence electrons. The van der Waals surface area contributed by atoms with Crippen LogP contribution in [0.25, 0.3) is 11.3 Å². The number of alkyl halides is 1. The van der Waals surface area contributed by atoms with E-state index in [1.54, 1.807) is 25.1 Å². The molecule has 0 spiro atoms. The lowest BCUT2D eigenvalue weighted by Gasteiger charge is -1.99. The number of H-pyrrole nitrogens is 1. The summed E-state index contributed by atoms with van der Waals surface area (Å²) in [6.45, 7) is 1.69. The largest absolute Gasteiger partial charge is 0.282 e. The Morgan fingerprint density at radius 1 is 1.47 bits per heavy atom. The van der Waals surface area contributed by atoms with Crippen LogP contribution in [0.1, 0.15) is 23.6 Å². The minimum Gasteiger partial charge on any atom is -0.282 e. The van der Waals surface area contributed by atoms with Crippen molar-refractivity contribution in [3.8, 4) is 11.3 Å². The number of rotatable bonds is 3. The molecule has 6 heteroatoms. The Kier molecular flexibility index (Phi) is 2.58. The summed E-state index contributed by atoms with van der Waals surface area (Å²) in [5.74, 6) is -0.0957. The van der Waals surface area contributed by atoms with Crippen LogP contribution in [0.5, 0.6) is 0 Å². The molecule has 1 fully saturated rings. The first kappa shape index (κ1) is 11.8. The zero-order valence-corrected chi connectivity index (χ0v) is 10.3. The molecule has 3 rings (SSSR count). The molecule has 5 nitrogen and oxygen atoms in total. The van der Waals surface area contributed by atoms with Crippen LogP contribution in [0.3, 0.4) is 0 Å². The molecule has 0 bridgehead atoms. The van der Waals surface area contributed by atoms with Gasteiger partial charge in [0.2, 0.25) is 0 Å². The van der Waals surface area contributed by atoms with Gasteiger partial charge in [-0.2, -0.15) is 5.10 Å². The Labute approximate surface area is 108 Å². The van der Waals surface area contributed by atoms with Crippen molar-refractivity contribution in [2.24, 2.45) is 0 Å². The Morgan fingerprint density at radius 2 is 2.21 bits per heavy atom. The van der Waals surface area contributed by atoms with Gasteiger partial charge in [-0.25, -0.2) is 4.39 Å². The van der Waals surface area contributed by atoms with Crippen molar-refractivity contribution >= 4 is 5.69 Å². The van der Waals surface area contributed by atoms with E-state index in [9.17, 15) is 14.5 Å². The van der Waals surface area contributed by atoms with E-state index in [4.69, 9.17) is 0 Å². The summed E-state index contributed by atoms with van der Waals surface area (Å²) in [5.41, 5.74) is 2.70. The Balaban J connectivity index is 1.95. The van der Waals surface area contributed by atoms with Gasteiger partial charge in [0.05, 0.1) is 10.6 Å². The molecule has 0 radical (unpaired) electrons. The number of aromatic nitrogens is 2. The van der Waals surface area contributed by atoms with Crippen LogP contribution in [-0.2, 0) is 0 Å². The number of aromatic amines is 1. The molecule has 19 heavy (non-hydrogen) atoms. The second-order valence-electron chi connectivity index (χ2n) is 4.83. The van der Waals surface area contributed by atoms with Gasteiger partial charge in [0, 0.05) is 28.8 Å². The van der Waals surface area contributed by atoms with Crippen LogP contribution in [0, 0.1) is 17.0 Å². The van der Waals surface area contributed by atoms with Crippen LogP contribution in [0.4, 0.5) is 10.1 Å². The van der Waals surface area contributed by atoms with Crippen molar-refractivity contribution in [1.29, 1.82) is 0 Å². The van der Waals surface area contributed by atoms with Gasteiger partial charge in [-0.05, 0) is 19.4 Å². The lowest BCUT2D eigenvalue weighted by Crippen LogP contribution is -1.92. The maximum absolute atomic E-state index is 13.0. The van der Waals surface area contributed by atoms with E-state index in [-0.39, 0.29) is 11.6 Å². The fraction of sp³-hybridized carbons (Fsp3) is 0.308. The predicted molar refractivity (Wildman–Crippen MR) is 67.7 cm³/mol. The highest BCUT2D eigenvalue weighted by Gasteiger charge is 2.40. The summed E-state index contributed by atoms with van der Waals surface area (Å²) >= 11 is 0. The maximum Gasteiger partial charge on any atom is 0.272 e. The topological polar surface area (TPSA) is 71.8 Å². The summed E-state index contributed by atoms with van der Waals surface area (Å²) < 4.78 is 13.0.